The van der Waals surface area contributed by atoms with Crippen molar-refractivity contribution in [3.8, 4) is 0 Å². The Labute approximate surface area is 84.9 Å². The SMILES string of the molecule is CO.c1ccc(N2CCOCC2)cc1. The smallest absolute Gasteiger partial charge is 0.0642 e. The summed E-state index contributed by atoms with van der Waals surface area (Å²) in [5, 5.41) is 7.00. The lowest BCUT2D eigenvalue weighted by atomic mass is 10.3. The van der Waals surface area contributed by atoms with Crippen molar-refractivity contribution in [2.45, 2.75) is 0 Å². The summed E-state index contributed by atoms with van der Waals surface area (Å²) in [4.78, 5) is 2.35. The standard InChI is InChI=1S/C10H13NO.CH4O/c1-2-4-10(5-3-1)11-6-8-12-9-7-11;1-2/h1-5H,6-9H2;2H,1H3. The topological polar surface area (TPSA) is 32.7 Å². The molecule has 0 bridgehead atoms. The second kappa shape index (κ2) is 6.40. The van der Waals surface area contributed by atoms with Crippen molar-refractivity contribution in [2.24, 2.45) is 0 Å². The first-order chi connectivity index (χ1) is 6.97. The van der Waals surface area contributed by atoms with Crippen LogP contribution in [-0.2, 0) is 4.74 Å². The maximum atomic E-state index is 7.00. The van der Waals surface area contributed by atoms with Gasteiger partial charge in [0.25, 0.3) is 0 Å². The number of rotatable bonds is 1. The zero-order valence-electron chi connectivity index (χ0n) is 8.52. The third kappa shape index (κ3) is 3.01. The summed E-state index contributed by atoms with van der Waals surface area (Å²) in [6.45, 7) is 3.75. The van der Waals surface area contributed by atoms with Gasteiger partial charge in [-0.05, 0) is 12.1 Å². The van der Waals surface area contributed by atoms with Crippen molar-refractivity contribution in [2.75, 3.05) is 38.3 Å². The second-order valence-electron chi connectivity index (χ2n) is 2.93. The van der Waals surface area contributed by atoms with Gasteiger partial charge in [0.05, 0.1) is 13.2 Å². The molecule has 1 N–H and O–H groups in total. The molecule has 0 unspecified atom stereocenters. The number of anilines is 1. The van der Waals surface area contributed by atoms with E-state index in [1.165, 1.54) is 5.69 Å². The molecule has 3 heteroatoms. The highest BCUT2D eigenvalue weighted by Gasteiger charge is 2.09. The number of para-hydroxylation sites is 1. The van der Waals surface area contributed by atoms with Gasteiger partial charge in [-0.3, -0.25) is 0 Å². The third-order valence-electron chi connectivity index (χ3n) is 2.13. The van der Waals surface area contributed by atoms with Crippen LogP contribution in [0.25, 0.3) is 0 Å². The van der Waals surface area contributed by atoms with Gasteiger partial charge in [-0.2, -0.15) is 0 Å². The zero-order chi connectivity index (χ0) is 10.2. The van der Waals surface area contributed by atoms with Crippen molar-refractivity contribution in [1.29, 1.82) is 0 Å². The van der Waals surface area contributed by atoms with Crippen LogP contribution < -0.4 is 4.90 Å². The van der Waals surface area contributed by atoms with Crippen LogP contribution in [0.15, 0.2) is 30.3 Å². The summed E-state index contributed by atoms with van der Waals surface area (Å²) in [6, 6.07) is 10.5. The van der Waals surface area contributed by atoms with E-state index in [1.807, 2.05) is 6.07 Å². The number of hydrogen-bond acceptors (Lipinski definition) is 3. The molecule has 14 heavy (non-hydrogen) atoms. The van der Waals surface area contributed by atoms with Gasteiger partial charge in [0.15, 0.2) is 0 Å². The Hall–Kier alpha value is -1.06. The summed E-state index contributed by atoms with van der Waals surface area (Å²) >= 11 is 0. The average molecular weight is 195 g/mol. The molecule has 1 aliphatic heterocycles. The highest BCUT2D eigenvalue weighted by molar-refractivity contribution is 5.46. The van der Waals surface area contributed by atoms with Crippen LogP contribution in [0.4, 0.5) is 5.69 Å². The molecule has 0 aliphatic carbocycles. The normalized spacial score (nSPS) is 15.7. The monoisotopic (exact) mass is 195 g/mol. The maximum absolute atomic E-state index is 7.00. The number of hydrogen-bond donors (Lipinski definition) is 1. The van der Waals surface area contributed by atoms with E-state index >= 15 is 0 Å². The highest BCUT2D eigenvalue weighted by Crippen LogP contribution is 2.13. The first-order valence-electron chi connectivity index (χ1n) is 4.79. The van der Waals surface area contributed by atoms with Gasteiger partial charge in [-0.25, -0.2) is 0 Å². The Morgan fingerprint density at radius 1 is 1.07 bits per heavy atom. The highest BCUT2D eigenvalue weighted by atomic mass is 16.5. The van der Waals surface area contributed by atoms with E-state index in [-0.39, 0.29) is 0 Å². The van der Waals surface area contributed by atoms with E-state index in [9.17, 15) is 0 Å². The van der Waals surface area contributed by atoms with E-state index in [0.29, 0.717) is 0 Å². The zero-order valence-corrected chi connectivity index (χ0v) is 8.52. The van der Waals surface area contributed by atoms with Gasteiger partial charge < -0.3 is 14.7 Å². The molecule has 2 rings (SSSR count). The molecule has 1 aromatic rings. The minimum Gasteiger partial charge on any atom is -0.400 e. The Balaban J connectivity index is 0.000000461. The molecule has 0 saturated carbocycles. The molecule has 1 fully saturated rings. The predicted molar refractivity (Wildman–Crippen MR) is 57.6 cm³/mol. The van der Waals surface area contributed by atoms with Crippen LogP contribution in [0.5, 0.6) is 0 Å². The Kier molecular flexibility index (Phi) is 5.04. The van der Waals surface area contributed by atoms with Crippen LogP contribution in [-0.4, -0.2) is 38.5 Å². The van der Waals surface area contributed by atoms with E-state index in [0.717, 1.165) is 33.4 Å². The lowest BCUT2D eigenvalue weighted by Crippen LogP contribution is -2.36. The molecule has 0 atom stereocenters. The lowest BCUT2D eigenvalue weighted by molar-refractivity contribution is 0.122. The number of benzene rings is 1. The Morgan fingerprint density at radius 2 is 1.64 bits per heavy atom. The van der Waals surface area contributed by atoms with Crippen LogP contribution in [0.2, 0.25) is 0 Å². The molecule has 1 aromatic carbocycles. The van der Waals surface area contributed by atoms with E-state index in [4.69, 9.17) is 9.84 Å². The summed E-state index contributed by atoms with van der Waals surface area (Å²) in [5.74, 6) is 0. The Morgan fingerprint density at radius 3 is 2.21 bits per heavy atom. The van der Waals surface area contributed by atoms with E-state index in [2.05, 4.69) is 29.2 Å². The number of aliphatic hydroxyl groups excluding tert-OH is 1. The molecule has 0 radical (unpaired) electrons. The van der Waals surface area contributed by atoms with Crippen molar-refractivity contribution >= 4 is 5.69 Å². The molecule has 3 nitrogen and oxygen atoms in total. The molecule has 0 amide bonds. The molecular formula is C11H17NO2. The van der Waals surface area contributed by atoms with Gasteiger partial charge in [0.1, 0.15) is 0 Å². The molecule has 0 spiro atoms. The summed E-state index contributed by atoms with van der Waals surface area (Å²) in [5.41, 5.74) is 1.31. The summed E-state index contributed by atoms with van der Waals surface area (Å²) in [7, 11) is 1.00. The molecule has 1 aliphatic rings. The third-order valence-corrected chi connectivity index (χ3v) is 2.13. The van der Waals surface area contributed by atoms with Gasteiger partial charge >= 0.3 is 0 Å². The predicted octanol–water partition coefficient (Wildman–Crippen LogP) is 1.13. The van der Waals surface area contributed by atoms with Crippen molar-refractivity contribution in [3.63, 3.8) is 0 Å². The minimum absolute atomic E-state index is 0.856. The largest absolute Gasteiger partial charge is 0.400 e. The van der Waals surface area contributed by atoms with Gasteiger partial charge in [-0.15, -0.1) is 0 Å². The fourth-order valence-electron chi connectivity index (χ4n) is 1.46. The first kappa shape index (κ1) is 11.0. The lowest BCUT2D eigenvalue weighted by Gasteiger charge is -2.28. The van der Waals surface area contributed by atoms with Crippen molar-refractivity contribution in [3.05, 3.63) is 30.3 Å². The minimum atomic E-state index is 0.856. The van der Waals surface area contributed by atoms with Crippen LogP contribution in [0.1, 0.15) is 0 Å². The number of aliphatic hydroxyl groups is 1. The maximum Gasteiger partial charge on any atom is 0.0642 e. The number of morpholine rings is 1. The van der Waals surface area contributed by atoms with Gasteiger partial charge in [0.2, 0.25) is 0 Å². The molecular weight excluding hydrogens is 178 g/mol. The van der Waals surface area contributed by atoms with E-state index in [1.54, 1.807) is 0 Å². The summed E-state index contributed by atoms with van der Waals surface area (Å²) < 4.78 is 5.28. The van der Waals surface area contributed by atoms with Crippen LogP contribution >= 0.6 is 0 Å². The number of nitrogens with zero attached hydrogens (tertiary/aromatic N) is 1. The summed E-state index contributed by atoms with van der Waals surface area (Å²) in [6.07, 6.45) is 0. The molecule has 1 heterocycles. The van der Waals surface area contributed by atoms with Crippen molar-refractivity contribution < 1.29 is 9.84 Å². The fraction of sp³-hybridized carbons (Fsp3) is 0.455. The number of ether oxygens (including phenoxy) is 1. The first-order valence-corrected chi connectivity index (χ1v) is 4.79. The van der Waals surface area contributed by atoms with E-state index < -0.39 is 0 Å². The van der Waals surface area contributed by atoms with Gasteiger partial charge in [0, 0.05) is 25.9 Å². The Bertz CT molecular complexity index is 232. The molecule has 0 aromatic heterocycles. The fourth-order valence-corrected chi connectivity index (χ4v) is 1.46. The van der Waals surface area contributed by atoms with Crippen LogP contribution in [0.3, 0.4) is 0 Å². The van der Waals surface area contributed by atoms with Crippen LogP contribution in [0, 0.1) is 0 Å². The van der Waals surface area contributed by atoms with Gasteiger partial charge in [-0.1, -0.05) is 18.2 Å². The molecule has 78 valence electrons. The van der Waals surface area contributed by atoms with Crippen molar-refractivity contribution in [1.82, 2.24) is 0 Å². The molecule has 1 saturated heterocycles. The quantitative estimate of drug-likeness (QED) is 0.729. The average Bonchev–Trinajstić information content (AvgIpc) is 2.34. The second-order valence-corrected chi connectivity index (χ2v) is 2.93.